The molecule has 4 heteroatoms. The van der Waals surface area contributed by atoms with Gasteiger partial charge in [-0.25, -0.2) is 0 Å². The Labute approximate surface area is 128 Å². The minimum absolute atomic E-state index is 0.0713. The average Bonchev–Trinajstić information content (AvgIpc) is 3.06. The molecule has 0 bridgehead atoms. The van der Waals surface area contributed by atoms with E-state index in [0.29, 0.717) is 13.1 Å². The summed E-state index contributed by atoms with van der Waals surface area (Å²) in [6.07, 6.45) is 0. The standard InChI is InChI=1S/C18H16N2O2/c1-22-13-8-6-12(7-9-13)10-20-11-15-14-4-2-3-5-16(14)19-17(15)18(20)21/h2-9,19H,10-11H2,1H3. The van der Waals surface area contributed by atoms with Gasteiger partial charge < -0.3 is 14.6 Å². The van der Waals surface area contributed by atoms with Crippen LogP contribution in [0.25, 0.3) is 10.9 Å². The summed E-state index contributed by atoms with van der Waals surface area (Å²) in [5.74, 6) is 0.898. The van der Waals surface area contributed by atoms with Gasteiger partial charge in [0.25, 0.3) is 5.91 Å². The fraction of sp³-hybridized carbons (Fsp3) is 0.167. The predicted molar refractivity (Wildman–Crippen MR) is 84.9 cm³/mol. The molecule has 0 spiro atoms. The number of carbonyl (C=O) groups excluding carboxylic acids is 1. The molecule has 0 radical (unpaired) electrons. The zero-order valence-corrected chi connectivity index (χ0v) is 12.3. The molecule has 0 atom stereocenters. The number of carbonyl (C=O) groups is 1. The predicted octanol–water partition coefficient (Wildman–Crippen LogP) is 3.33. The Morgan fingerprint density at radius 2 is 1.91 bits per heavy atom. The van der Waals surface area contributed by atoms with Crippen molar-refractivity contribution in [1.82, 2.24) is 9.88 Å². The second-order valence-electron chi connectivity index (χ2n) is 5.53. The average molecular weight is 292 g/mol. The van der Waals surface area contributed by atoms with Crippen molar-refractivity contribution in [3.8, 4) is 5.75 Å². The van der Waals surface area contributed by atoms with E-state index in [2.05, 4.69) is 11.1 Å². The number of methoxy groups -OCH3 is 1. The van der Waals surface area contributed by atoms with Gasteiger partial charge in [0.05, 0.1) is 7.11 Å². The molecule has 4 nitrogen and oxygen atoms in total. The molecular formula is C18H16N2O2. The molecule has 2 aromatic carbocycles. The van der Waals surface area contributed by atoms with Crippen molar-refractivity contribution in [2.24, 2.45) is 0 Å². The van der Waals surface area contributed by atoms with Gasteiger partial charge in [0.15, 0.2) is 0 Å². The minimum atomic E-state index is 0.0713. The molecular weight excluding hydrogens is 276 g/mol. The number of H-pyrrole nitrogens is 1. The minimum Gasteiger partial charge on any atom is -0.497 e. The van der Waals surface area contributed by atoms with Crippen molar-refractivity contribution in [2.75, 3.05) is 7.11 Å². The number of para-hydroxylation sites is 1. The lowest BCUT2D eigenvalue weighted by Gasteiger charge is -2.16. The van der Waals surface area contributed by atoms with Gasteiger partial charge in [-0.05, 0) is 23.8 Å². The van der Waals surface area contributed by atoms with Gasteiger partial charge in [0.1, 0.15) is 11.4 Å². The third kappa shape index (κ3) is 1.96. The van der Waals surface area contributed by atoms with Crippen LogP contribution in [0, 0.1) is 0 Å². The molecule has 1 aliphatic heterocycles. The number of rotatable bonds is 3. The van der Waals surface area contributed by atoms with Crippen LogP contribution in [0.2, 0.25) is 0 Å². The van der Waals surface area contributed by atoms with E-state index in [1.54, 1.807) is 7.11 Å². The maximum Gasteiger partial charge on any atom is 0.271 e. The number of hydrogen-bond donors (Lipinski definition) is 1. The van der Waals surface area contributed by atoms with Gasteiger partial charge in [0.2, 0.25) is 0 Å². The topological polar surface area (TPSA) is 45.3 Å². The highest BCUT2D eigenvalue weighted by Crippen LogP contribution is 2.31. The molecule has 2 heterocycles. The third-order valence-corrected chi connectivity index (χ3v) is 4.20. The van der Waals surface area contributed by atoms with Gasteiger partial charge in [-0.2, -0.15) is 0 Å². The molecule has 1 aromatic heterocycles. The molecule has 4 rings (SSSR count). The number of aromatic amines is 1. The van der Waals surface area contributed by atoms with E-state index in [1.165, 1.54) is 0 Å². The Bertz CT molecular complexity index is 849. The maximum absolute atomic E-state index is 12.6. The molecule has 0 saturated carbocycles. The smallest absolute Gasteiger partial charge is 0.271 e. The highest BCUT2D eigenvalue weighted by Gasteiger charge is 2.30. The van der Waals surface area contributed by atoms with E-state index in [1.807, 2.05) is 47.4 Å². The van der Waals surface area contributed by atoms with E-state index in [-0.39, 0.29) is 5.91 Å². The summed E-state index contributed by atoms with van der Waals surface area (Å²) in [4.78, 5) is 17.7. The lowest BCUT2D eigenvalue weighted by Crippen LogP contribution is -2.23. The Morgan fingerprint density at radius 1 is 1.14 bits per heavy atom. The van der Waals surface area contributed by atoms with Crippen LogP contribution in [0.15, 0.2) is 48.5 Å². The first-order valence-electron chi connectivity index (χ1n) is 7.28. The van der Waals surface area contributed by atoms with Gasteiger partial charge in [-0.1, -0.05) is 30.3 Å². The number of nitrogens with one attached hydrogen (secondary N) is 1. The van der Waals surface area contributed by atoms with Crippen molar-refractivity contribution < 1.29 is 9.53 Å². The lowest BCUT2D eigenvalue weighted by atomic mass is 10.1. The Kier molecular flexibility index (Phi) is 2.89. The highest BCUT2D eigenvalue weighted by atomic mass is 16.5. The number of amides is 1. The van der Waals surface area contributed by atoms with Crippen LogP contribution in [0.1, 0.15) is 21.6 Å². The zero-order chi connectivity index (χ0) is 15.1. The first-order chi connectivity index (χ1) is 10.8. The summed E-state index contributed by atoms with van der Waals surface area (Å²) in [7, 11) is 1.65. The largest absolute Gasteiger partial charge is 0.497 e. The van der Waals surface area contributed by atoms with Crippen molar-refractivity contribution in [1.29, 1.82) is 0 Å². The first-order valence-corrected chi connectivity index (χ1v) is 7.28. The number of ether oxygens (including phenoxy) is 1. The van der Waals surface area contributed by atoms with E-state index in [0.717, 1.165) is 33.5 Å². The second kappa shape index (κ2) is 4.91. The summed E-state index contributed by atoms with van der Waals surface area (Å²) in [5.41, 5.74) is 3.97. The number of aromatic nitrogens is 1. The SMILES string of the molecule is COc1ccc(CN2Cc3c([nH]c4ccccc34)C2=O)cc1. The van der Waals surface area contributed by atoms with Crippen molar-refractivity contribution in [3.63, 3.8) is 0 Å². The van der Waals surface area contributed by atoms with E-state index >= 15 is 0 Å². The van der Waals surface area contributed by atoms with Crippen LogP contribution < -0.4 is 4.74 Å². The van der Waals surface area contributed by atoms with Crippen molar-refractivity contribution in [3.05, 3.63) is 65.4 Å². The molecule has 0 aliphatic carbocycles. The molecule has 1 N–H and O–H groups in total. The fourth-order valence-corrected chi connectivity index (χ4v) is 3.05. The van der Waals surface area contributed by atoms with Gasteiger partial charge in [-0.15, -0.1) is 0 Å². The molecule has 22 heavy (non-hydrogen) atoms. The summed E-state index contributed by atoms with van der Waals surface area (Å²) >= 11 is 0. The van der Waals surface area contributed by atoms with Gasteiger partial charge in [-0.3, -0.25) is 4.79 Å². The second-order valence-corrected chi connectivity index (χ2v) is 5.53. The molecule has 3 aromatic rings. The Balaban J connectivity index is 1.61. The maximum atomic E-state index is 12.6. The number of fused-ring (bicyclic) bond motifs is 3. The normalized spacial score (nSPS) is 13.7. The van der Waals surface area contributed by atoms with Crippen molar-refractivity contribution >= 4 is 16.8 Å². The summed E-state index contributed by atoms with van der Waals surface area (Å²) < 4.78 is 5.16. The van der Waals surface area contributed by atoms with Crippen molar-refractivity contribution in [2.45, 2.75) is 13.1 Å². The molecule has 1 aliphatic rings. The molecule has 0 saturated heterocycles. The summed E-state index contributed by atoms with van der Waals surface area (Å²) in [6.45, 7) is 1.27. The first kappa shape index (κ1) is 13.0. The fourth-order valence-electron chi connectivity index (χ4n) is 3.05. The Morgan fingerprint density at radius 3 is 2.68 bits per heavy atom. The van der Waals surface area contributed by atoms with E-state index in [4.69, 9.17) is 4.74 Å². The quantitative estimate of drug-likeness (QED) is 0.804. The molecule has 0 unspecified atom stereocenters. The number of benzene rings is 2. The van der Waals surface area contributed by atoms with E-state index in [9.17, 15) is 4.79 Å². The van der Waals surface area contributed by atoms with Crippen LogP contribution in [0.3, 0.4) is 0 Å². The van der Waals surface area contributed by atoms with Crippen LogP contribution in [-0.4, -0.2) is 22.9 Å². The number of hydrogen-bond acceptors (Lipinski definition) is 2. The van der Waals surface area contributed by atoms with E-state index < -0.39 is 0 Å². The number of nitrogens with zero attached hydrogens (tertiary/aromatic N) is 1. The van der Waals surface area contributed by atoms with Crippen LogP contribution in [0.4, 0.5) is 0 Å². The summed E-state index contributed by atoms with van der Waals surface area (Å²) in [6, 6.07) is 15.9. The zero-order valence-electron chi connectivity index (χ0n) is 12.3. The summed E-state index contributed by atoms with van der Waals surface area (Å²) in [5, 5.41) is 1.14. The molecule has 1 amide bonds. The van der Waals surface area contributed by atoms with Crippen LogP contribution in [-0.2, 0) is 13.1 Å². The van der Waals surface area contributed by atoms with Crippen LogP contribution >= 0.6 is 0 Å². The Hall–Kier alpha value is -2.75. The molecule has 0 fully saturated rings. The molecule has 110 valence electrons. The highest BCUT2D eigenvalue weighted by molar-refractivity contribution is 6.03. The monoisotopic (exact) mass is 292 g/mol. The lowest BCUT2D eigenvalue weighted by molar-refractivity contribution is 0.0762. The van der Waals surface area contributed by atoms with Crippen LogP contribution in [0.5, 0.6) is 5.75 Å². The van der Waals surface area contributed by atoms with Gasteiger partial charge >= 0.3 is 0 Å². The third-order valence-electron chi connectivity index (χ3n) is 4.20. The van der Waals surface area contributed by atoms with Gasteiger partial charge in [0, 0.05) is 29.6 Å².